The van der Waals surface area contributed by atoms with Crippen LogP contribution in [0.4, 0.5) is 5.82 Å². The molecule has 1 fully saturated rings. The van der Waals surface area contributed by atoms with E-state index < -0.39 is 0 Å². The Bertz CT molecular complexity index is 450. The molecule has 5 heteroatoms. The summed E-state index contributed by atoms with van der Waals surface area (Å²) in [6.45, 7) is 2.19. The first-order valence-corrected chi connectivity index (χ1v) is 7.09. The van der Waals surface area contributed by atoms with Gasteiger partial charge in [0, 0.05) is 16.7 Å². The summed E-state index contributed by atoms with van der Waals surface area (Å²) in [5.41, 5.74) is 6.18. The van der Waals surface area contributed by atoms with Crippen LogP contribution >= 0.6 is 15.9 Å². The van der Waals surface area contributed by atoms with E-state index in [0.29, 0.717) is 11.5 Å². The number of nitrogens with zero attached hydrogens (tertiary/aromatic N) is 1. The number of rotatable bonds is 2. The van der Waals surface area contributed by atoms with Gasteiger partial charge in [-0.15, -0.1) is 0 Å². The highest BCUT2D eigenvalue weighted by atomic mass is 79.9. The number of aromatic nitrogens is 1. The van der Waals surface area contributed by atoms with E-state index >= 15 is 0 Å². The van der Waals surface area contributed by atoms with Gasteiger partial charge in [0.05, 0.1) is 5.56 Å². The van der Waals surface area contributed by atoms with Crippen molar-refractivity contribution >= 4 is 27.7 Å². The zero-order valence-electron chi connectivity index (χ0n) is 10.4. The van der Waals surface area contributed by atoms with Crippen molar-refractivity contribution in [1.29, 1.82) is 0 Å². The van der Waals surface area contributed by atoms with Crippen LogP contribution in [-0.4, -0.2) is 16.9 Å². The quantitative estimate of drug-likeness (QED) is 0.882. The van der Waals surface area contributed by atoms with Crippen molar-refractivity contribution in [2.24, 2.45) is 5.92 Å². The van der Waals surface area contributed by atoms with Crippen LogP contribution < -0.4 is 11.1 Å². The summed E-state index contributed by atoms with van der Waals surface area (Å²) in [6.07, 6.45) is 6.26. The molecule has 3 N–H and O–H groups in total. The second-order valence-electron chi connectivity index (χ2n) is 4.93. The van der Waals surface area contributed by atoms with Crippen molar-refractivity contribution in [2.45, 2.75) is 38.6 Å². The van der Waals surface area contributed by atoms with Gasteiger partial charge in [0.1, 0.15) is 5.82 Å². The zero-order valence-corrected chi connectivity index (χ0v) is 12.0. The van der Waals surface area contributed by atoms with Crippen LogP contribution in [0.3, 0.4) is 0 Å². The van der Waals surface area contributed by atoms with Crippen LogP contribution in [0.2, 0.25) is 0 Å². The molecule has 1 amide bonds. The van der Waals surface area contributed by atoms with E-state index in [0.717, 1.165) is 10.9 Å². The van der Waals surface area contributed by atoms with Gasteiger partial charge in [0.15, 0.2) is 0 Å². The Kier molecular flexibility index (Phi) is 4.22. The average Bonchev–Trinajstić information content (AvgIpc) is 2.35. The molecule has 4 nitrogen and oxygen atoms in total. The summed E-state index contributed by atoms with van der Waals surface area (Å²) >= 11 is 3.30. The van der Waals surface area contributed by atoms with Crippen LogP contribution in [0.1, 0.15) is 43.0 Å². The van der Waals surface area contributed by atoms with Crippen LogP contribution in [-0.2, 0) is 0 Å². The van der Waals surface area contributed by atoms with Gasteiger partial charge in [-0.25, -0.2) is 4.98 Å². The molecule has 2 unspecified atom stereocenters. The standard InChI is InChI=1S/C13H18BrN3O/c1-8-4-2-3-5-11(8)17-13(18)10-6-9(14)7-16-12(10)15/h6-8,11H,2-5H2,1H3,(H2,15,16)(H,17,18). The summed E-state index contributed by atoms with van der Waals surface area (Å²) in [5.74, 6) is 0.684. The number of nitrogens with two attached hydrogens (primary N) is 1. The first kappa shape index (κ1) is 13.3. The monoisotopic (exact) mass is 311 g/mol. The first-order chi connectivity index (χ1) is 8.58. The lowest BCUT2D eigenvalue weighted by Crippen LogP contribution is -2.41. The van der Waals surface area contributed by atoms with E-state index in [9.17, 15) is 4.79 Å². The van der Waals surface area contributed by atoms with Crippen LogP contribution in [0.5, 0.6) is 0 Å². The number of anilines is 1. The molecule has 1 heterocycles. The predicted molar refractivity (Wildman–Crippen MR) is 75.2 cm³/mol. The summed E-state index contributed by atoms with van der Waals surface area (Å²) < 4.78 is 0.763. The molecule has 1 aromatic heterocycles. The highest BCUT2D eigenvalue weighted by Gasteiger charge is 2.24. The Morgan fingerprint density at radius 2 is 2.22 bits per heavy atom. The predicted octanol–water partition coefficient (Wildman–Crippen LogP) is 2.73. The van der Waals surface area contributed by atoms with E-state index in [4.69, 9.17) is 5.73 Å². The Hall–Kier alpha value is -1.10. The number of nitrogen functional groups attached to an aromatic ring is 1. The minimum absolute atomic E-state index is 0.125. The Morgan fingerprint density at radius 3 is 2.94 bits per heavy atom. The molecule has 0 aromatic carbocycles. The number of hydrogen-bond acceptors (Lipinski definition) is 3. The Morgan fingerprint density at radius 1 is 1.50 bits per heavy atom. The molecule has 2 atom stereocenters. The van der Waals surface area contributed by atoms with Crippen molar-refractivity contribution in [2.75, 3.05) is 5.73 Å². The first-order valence-electron chi connectivity index (χ1n) is 6.30. The number of carbonyl (C=O) groups is 1. The molecule has 1 aliphatic carbocycles. The number of amides is 1. The van der Waals surface area contributed by atoms with Gasteiger partial charge in [0.2, 0.25) is 0 Å². The SMILES string of the molecule is CC1CCCCC1NC(=O)c1cc(Br)cnc1N. The van der Waals surface area contributed by atoms with Crippen molar-refractivity contribution in [3.8, 4) is 0 Å². The molecule has 0 spiro atoms. The third kappa shape index (κ3) is 3.02. The molecule has 2 rings (SSSR count). The molecule has 0 bridgehead atoms. The van der Waals surface area contributed by atoms with E-state index in [1.54, 1.807) is 12.3 Å². The van der Waals surface area contributed by atoms with Crippen molar-refractivity contribution in [1.82, 2.24) is 10.3 Å². The van der Waals surface area contributed by atoms with Crippen LogP contribution in [0.15, 0.2) is 16.7 Å². The summed E-state index contributed by atoms with van der Waals surface area (Å²) in [6, 6.07) is 1.97. The van der Waals surface area contributed by atoms with Gasteiger partial charge in [0.25, 0.3) is 5.91 Å². The summed E-state index contributed by atoms with van der Waals surface area (Å²) in [5, 5.41) is 3.07. The number of nitrogens with one attached hydrogen (secondary N) is 1. The summed E-state index contributed by atoms with van der Waals surface area (Å²) in [7, 11) is 0. The molecule has 1 saturated carbocycles. The van der Waals surface area contributed by atoms with Crippen molar-refractivity contribution < 1.29 is 4.79 Å². The maximum Gasteiger partial charge on any atom is 0.255 e. The highest BCUT2D eigenvalue weighted by Crippen LogP contribution is 2.24. The lowest BCUT2D eigenvalue weighted by Gasteiger charge is -2.29. The maximum atomic E-state index is 12.2. The van der Waals surface area contributed by atoms with E-state index in [2.05, 4.69) is 33.2 Å². The van der Waals surface area contributed by atoms with Gasteiger partial charge in [-0.3, -0.25) is 4.79 Å². The average molecular weight is 312 g/mol. The van der Waals surface area contributed by atoms with Gasteiger partial charge < -0.3 is 11.1 Å². The fraction of sp³-hybridized carbons (Fsp3) is 0.538. The topological polar surface area (TPSA) is 68.0 Å². The van der Waals surface area contributed by atoms with Gasteiger partial charge >= 0.3 is 0 Å². The Balaban J connectivity index is 2.09. The van der Waals surface area contributed by atoms with E-state index in [1.165, 1.54) is 19.3 Å². The second-order valence-corrected chi connectivity index (χ2v) is 5.84. The van der Waals surface area contributed by atoms with Crippen molar-refractivity contribution in [3.05, 3.63) is 22.3 Å². The minimum Gasteiger partial charge on any atom is -0.383 e. The fourth-order valence-corrected chi connectivity index (χ4v) is 2.74. The van der Waals surface area contributed by atoms with Gasteiger partial charge in [-0.05, 0) is 40.8 Å². The third-order valence-electron chi connectivity index (χ3n) is 3.56. The summed E-state index contributed by atoms with van der Waals surface area (Å²) in [4.78, 5) is 16.2. The largest absolute Gasteiger partial charge is 0.383 e. The molecular formula is C13H18BrN3O. The Labute approximate surface area is 115 Å². The van der Waals surface area contributed by atoms with Gasteiger partial charge in [-0.1, -0.05) is 19.8 Å². The maximum absolute atomic E-state index is 12.2. The normalized spacial score (nSPS) is 23.7. The molecule has 0 aliphatic heterocycles. The minimum atomic E-state index is -0.125. The number of hydrogen-bond donors (Lipinski definition) is 2. The van der Waals surface area contributed by atoms with E-state index in [-0.39, 0.29) is 17.8 Å². The molecule has 18 heavy (non-hydrogen) atoms. The third-order valence-corrected chi connectivity index (χ3v) is 3.99. The molecule has 98 valence electrons. The molecular weight excluding hydrogens is 294 g/mol. The smallest absolute Gasteiger partial charge is 0.255 e. The lowest BCUT2D eigenvalue weighted by molar-refractivity contribution is 0.0911. The molecule has 0 radical (unpaired) electrons. The number of carbonyl (C=O) groups excluding carboxylic acids is 1. The zero-order chi connectivity index (χ0) is 13.1. The van der Waals surface area contributed by atoms with Gasteiger partial charge in [-0.2, -0.15) is 0 Å². The van der Waals surface area contributed by atoms with Crippen LogP contribution in [0, 0.1) is 5.92 Å². The molecule has 1 aliphatic rings. The number of pyridine rings is 1. The van der Waals surface area contributed by atoms with Crippen LogP contribution in [0.25, 0.3) is 0 Å². The fourth-order valence-electron chi connectivity index (χ4n) is 2.41. The second kappa shape index (κ2) is 5.69. The molecule has 1 aromatic rings. The highest BCUT2D eigenvalue weighted by molar-refractivity contribution is 9.10. The molecule has 0 saturated heterocycles. The van der Waals surface area contributed by atoms with Crippen molar-refractivity contribution in [3.63, 3.8) is 0 Å². The number of halogens is 1. The lowest BCUT2D eigenvalue weighted by atomic mass is 9.86. The van der Waals surface area contributed by atoms with E-state index in [1.807, 2.05) is 0 Å².